The molecule has 2 rings (SSSR count). The van der Waals surface area contributed by atoms with Crippen molar-refractivity contribution in [2.75, 3.05) is 20.7 Å². The quantitative estimate of drug-likeness (QED) is 0.888. The Morgan fingerprint density at radius 1 is 1.25 bits per heavy atom. The summed E-state index contributed by atoms with van der Waals surface area (Å²) in [6.45, 7) is 3.57. The van der Waals surface area contributed by atoms with Crippen LogP contribution in [0.25, 0.3) is 0 Å². The van der Waals surface area contributed by atoms with Gasteiger partial charge in [-0.3, -0.25) is 4.90 Å². The van der Waals surface area contributed by atoms with E-state index in [4.69, 9.17) is 10.5 Å². The Hall–Kier alpha value is -1.36. The van der Waals surface area contributed by atoms with Crippen molar-refractivity contribution < 1.29 is 4.74 Å². The van der Waals surface area contributed by atoms with Crippen molar-refractivity contribution in [3.63, 3.8) is 0 Å². The fourth-order valence-electron chi connectivity index (χ4n) is 2.36. The standard InChI is InChI=1S/C16H22N2OS/c1-12-8-9-16(20-12)14(10-17)18(2)11-13-6-4-5-7-15(13)19-3/h4-9,14H,10-11,17H2,1-3H3. The molecule has 0 spiro atoms. The Labute approximate surface area is 125 Å². The van der Waals surface area contributed by atoms with Gasteiger partial charge in [-0.05, 0) is 32.2 Å². The maximum absolute atomic E-state index is 5.97. The molecule has 0 aliphatic heterocycles. The Kier molecular flexibility index (Phi) is 5.17. The second-order valence-corrected chi connectivity index (χ2v) is 6.25. The van der Waals surface area contributed by atoms with Crippen LogP contribution in [0.3, 0.4) is 0 Å². The Balaban J connectivity index is 2.15. The van der Waals surface area contributed by atoms with Gasteiger partial charge in [-0.1, -0.05) is 18.2 Å². The first-order valence-corrected chi connectivity index (χ1v) is 7.56. The molecule has 2 N–H and O–H groups in total. The summed E-state index contributed by atoms with van der Waals surface area (Å²) in [4.78, 5) is 4.93. The zero-order chi connectivity index (χ0) is 14.5. The molecule has 4 heteroatoms. The summed E-state index contributed by atoms with van der Waals surface area (Å²) >= 11 is 1.82. The van der Waals surface area contributed by atoms with Crippen molar-refractivity contribution in [3.05, 3.63) is 51.7 Å². The molecule has 0 aliphatic carbocycles. The number of likely N-dealkylation sites (N-methyl/N-ethyl adjacent to an activating group) is 1. The van der Waals surface area contributed by atoms with Crippen molar-refractivity contribution in [1.82, 2.24) is 4.90 Å². The van der Waals surface area contributed by atoms with Crippen LogP contribution in [0.4, 0.5) is 0 Å². The molecule has 1 unspecified atom stereocenters. The lowest BCUT2D eigenvalue weighted by Crippen LogP contribution is -2.29. The van der Waals surface area contributed by atoms with E-state index in [0.29, 0.717) is 6.54 Å². The summed E-state index contributed by atoms with van der Waals surface area (Å²) in [5.74, 6) is 0.928. The molecular weight excluding hydrogens is 268 g/mol. The van der Waals surface area contributed by atoms with E-state index in [9.17, 15) is 0 Å². The first-order chi connectivity index (χ1) is 9.65. The molecule has 1 heterocycles. The number of aryl methyl sites for hydroxylation is 1. The second-order valence-electron chi connectivity index (χ2n) is 4.93. The van der Waals surface area contributed by atoms with E-state index in [-0.39, 0.29) is 6.04 Å². The van der Waals surface area contributed by atoms with Crippen LogP contribution in [0, 0.1) is 6.92 Å². The maximum atomic E-state index is 5.97. The van der Waals surface area contributed by atoms with Gasteiger partial charge in [0.15, 0.2) is 0 Å². The molecule has 0 fully saturated rings. The van der Waals surface area contributed by atoms with Crippen LogP contribution in [0.15, 0.2) is 36.4 Å². The van der Waals surface area contributed by atoms with E-state index >= 15 is 0 Å². The highest BCUT2D eigenvalue weighted by molar-refractivity contribution is 7.12. The fraction of sp³-hybridized carbons (Fsp3) is 0.375. The lowest BCUT2D eigenvalue weighted by atomic mass is 10.1. The maximum Gasteiger partial charge on any atom is 0.123 e. The summed E-state index contributed by atoms with van der Waals surface area (Å²) in [5.41, 5.74) is 7.16. The molecule has 0 saturated carbocycles. The largest absolute Gasteiger partial charge is 0.496 e. The van der Waals surface area contributed by atoms with Gasteiger partial charge in [0, 0.05) is 28.4 Å². The number of rotatable bonds is 6. The van der Waals surface area contributed by atoms with E-state index < -0.39 is 0 Å². The van der Waals surface area contributed by atoms with Gasteiger partial charge in [0.25, 0.3) is 0 Å². The Bertz CT molecular complexity index is 553. The van der Waals surface area contributed by atoms with E-state index in [1.165, 1.54) is 15.3 Å². The number of nitrogens with zero attached hydrogens (tertiary/aromatic N) is 1. The van der Waals surface area contributed by atoms with Crippen molar-refractivity contribution in [3.8, 4) is 5.75 Å². The minimum absolute atomic E-state index is 0.249. The topological polar surface area (TPSA) is 38.5 Å². The molecule has 3 nitrogen and oxygen atoms in total. The average Bonchev–Trinajstić information content (AvgIpc) is 2.86. The molecule has 0 amide bonds. The van der Waals surface area contributed by atoms with E-state index in [1.54, 1.807) is 7.11 Å². The SMILES string of the molecule is COc1ccccc1CN(C)C(CN)c1ccc(C)s1. The average molecular weight is 290 g/mol. The van der Waals surface area contributed by atoms with Gasteiger partial charge >= 0.3 is 0 Å². The number of para-hydroxylation sites is 1. The van der Waals surface area contributed by atoms with Crippen LogP contribution in [0.2, 0.25) is 0 Å². The molecule has 1 aromatic heterocycles. The monoisotopic (exact) mass is 290 g/mol. The van der Waals surface area contributed by atoms with Crippen LogP contribution in [-0.4, -0.2) is 25.6 Å². The molecule has 0 radical (unpaired) electrons. The van der Waals surface area contributed by atoms with Crippen molar-refractivity contribution in [1.29, 1.82) is 0 Å². The van der Waals surface area contributed by atoms with Crippen LogP contribution in [0.1, 0.15) is 21.4 Å². The lowest BCUT2D eigenvalue weighted by Gasteiger charge is -2.26. The molecule has 0 aliphatic rings. The molecule has 0 bridgehead atoms. The number of benzene rings is 1. The molecule has 108 valence electrons. The highest BCUT2D eigenvalue weighted by Crippen LogP contribution is 2.28. The minimum Gasteiger partial charge on any atom is -0.496 e. The number of ether oxygens (including phenoxy) is 1. The Morgan fingerprint density at radius 2 is 2.00 bits per heavy atom. The first kappa shape index (κ1) is 15.0. The van der Waals surface area contributed by atoms with Crippen molar-refractivity contribution in [2.45, 2.75) is 19.5 Å². The molecule has 0 saturated heterocycles. The number of hydrogen-bond acceptors (Lipinski definition) is 4. The summed E-state index contributed by atoms with van der Waals surface area (Å²) < 4.78 is 5.41. The van der Waals surface area contributed by atoms with Crippen LogP contribution >= 0.6 is 11.3 Å². The predicted molar refractivity (Wildman–Crippen MR) is 85.3 cm³/mol. The number of hydrogen-bond donors (Lipinski definition) is 1. The summed E-state index contributed by atoms with van der Waals surface area (Å²) in [5, 5.41) is 0. The number of methoxy groups -OCH3 is 1. The summed E-state index contributed by atoms with van der Waals surface area (Å²) in [6.07, 6.45) is 0. The molecule has 20 heavy (non-hydrogen) atoms. The van der Waals surface area contributed by atoms with Gasteiger partial charge in [-0.2, -0.15) is 0 Å². The molecular formula is C16H22N2OS. The molecule has 1 aromatic carbocycles. The molecule has 2 aromatic rings. The van der Waals surface area contributed by atoms with Gasteiger partial charge in [-0.25, -0.2) is 0 Å². The van der Waals surface area contributed by atoms with Crippen molar-refractivity contribution in [2.24, 2.45) is 5.73 Å². The summed E-state index contributed by atoms with van der Waals surface area (Å²) in [6, 6.07) is 12.7. The number of thiophene rings is 1. The zero-order valence-corrected chi connectivity index (χ0v) is 13.1. The van der Waals surface area contributed by atoms with Gasteiger partial charge in [-0.15, -0.1) is 11.3 Å². The highest BCUT2D eigenvalue weighted by Gasteiger charge is 2.18. The predicted octanol–water partition coefficient (Wildman–Crippen LogP) is 3.20. The van der Waals surface area contributed by atoms with Gasteiger partial charge < -0.3 is 10.5 Å². The van der Waals surface area contributed by atoms with Gasteiger partial charge in [0.1, 0.15) is 5.75 Å². The van der Waals surface area contributed by atoms with Crippen LogP contribution < -0.4 is 10.5 Å². The lowest BCUT2D eigenvalue weighted by molar-refractivity contribution is 0.241. The normalized spacial score (nSPS) is 12.7. The summed E-state index contributed by atoms with van der Waals surface area (Å²) in [7, 11) is 3.82. The fourth-order valence-corrected chi connectivity index (χ4v) is 3.41. The van der Waals surface area contributed by atoms with E-state index in [1.807, 2.05) is 29.5 Å². The van der Waals surface area contributed by atoms with Gasteiger partial charge in [0.2, 0.25) is 0 Å². The third-order valence-corrected chi connectivity index (χ3v) is 4.56. The smallest absolute Gasteiger partial charge is 0.123 e. The van der Waals surface area contributed by atoms with Gasteiger partial charge in [0.05, 0.1) is 13.2 Å². The van der Waals surface area contributed by atoms with Crippen LogP contribution in [-0.2, 0) is 6.54 Å². The van der Waals surface area contributed by atoms with Crippen LogP contribution in [0.5, 0.6) is 5.75 Å². The first-order valence-electron chi connectivity index (χ1n) is 6.74. The second kappa shape index (κ2) is 6.88. The minimum atomic E-state index is 0.249. The third kappa shape index (κ3) is 3.39. The van der Waals surface area contributed by atoms with Crippen molar-refractivity contribution >= 4 is 11.3 Å². The third-order valence-electron chi connectivity index (χ3n) is 3.46. The highest BCUT2D eigenvalue weighted by atomic mass is 32.1. The molecule has 1 atom stereocenters. The zero-order valence-electron chi connectivity index (χ0n) is 12.3. The number of nitrogens with two attached hydrogens (primary N) is 1. The van der Waals surface area contributed by atoms with E-state index in [0.717, 1.165) is 12.3 Å². The Morgan fingerprint density at radius 3 is 2.60 bits per heavy atom. The van der Waals surface area contributed by atoms with E-state index in [2.05, 4.69) is 37.1 Å².